The number of fused-ring (bicyclic) bond motifs is 3. The number of ether oxygens (including phenoxy) is 1. The third-order valence-corrected chi connectivity index (χ3v) is 7.07. The zero-order valence-electron chi connectivity index (χ0n) is 18.4. The Morgan fingerprint density at radius 1 is 1.21 bits per heavy atom. The molecule has 0 bridgehead atoms. The zero-order chi connectivity index (χ0) is 23.4. The van der Waals surface area contributed by atoms with E-state index in [1.807, 2.05) is 10.6 Å². The number of H-pyrrole nitrogens is 1. The van der Waals surface area contributed by atoms with E-state index in [9.17, 15) is 8.78 Å². The second-order valence-electron chi connectivity index (χ2n) is 9.14. The summed E-state index contributed by atoms with van der Waals surface area (Å²) in [6, 6.07) is 2.05. The molecule has 6 rings (SSSR count). The number of imidazole rings is 1. The number of hydrogen-bond acceptors (Lipinski definition) is 5. The number of anilines is 1. The van der Waals surface area contributed by atoms with Crippen molar-refractivity contribution in [1.82, 2.24) is 24.6 Å². The Balaban J connectivity index is 1.36. The first-order chi connectivity index (χ1) is 16.4. The molecule has 0 amide bonds. The van der Waals surface area contributed by atoms with Crippen LogP contribution in [0.4, 0.5) is 14.7 Å². The molecule has 1 spiro atoms. The summed E-state index contributed by atoms with van der Waals surface area (Å²) in [6.45, 7) is 4.71. The lowest BCUT2D eigenvalue weighted by molar-refractivity contribution is 0.0975. The molecule has 2 aliphatic heterocycles. The van der Waals surface area contributed by atoms with Gasteiger partial charge in [-0.3, -0.25) is 9.50 Å². The second kappa shape index (κ2) is 7.93. The van der Waals surface area contributed by atoms with Crippen molar-refractivity contribution >= 4 is 34.2 Å². The molecule has 0 aliphatic carbocycles. The first kappa shape index (κ1) is 21.3. The van der Waals surface area contributed by atoms with Gasteiger partial charge in [0.2, 0.25) is 5.95 Å². The number of nitrogens with zero attached hydrogens (tertiary/aromatic N) is 5. The SMILES string of the molecule is C[C@H]1CC2(CCN(c3nc4[nH]nc(C#Cc5c(F)cc(Cl)cc5F)c4c4nccn34)CC2)CO1. The number of aromatic amines is 1. The minimum atomic E-state index is -0.825. The smallest absolute Gasteiger partial charge is 0.213 e. The highest BCUT2D eigenvalue weighted by atomic mass is 35.5. The summed E-state index contributed by atoms with van der Waals surface area (Å²) >= 11 is 5.70. The Morgan fingerprint density at radius 2 is 1.97 bits per heavy atom. The zero-order valence-corrected chi connectivity index (χ0v) is 19.2. The fourth-order valence-electron chi connectivity index (χ4n) is 5.10. The van der Waals surface area contributed by atoms with Crippen molar-refractivity contribution in [2.75, 3.05) is 24.6 Å². The van der Waals surface area contributed by atoms with Gasteiger partial charge in [-0.05, 0) is 49.7 Å². The lowest BCUT2D eigenvalue weighted by Crippen LogP contribution is -2.41. The van der Waals surface area contributed by atoms with E-state index < -0.39 is 11.6 Å². The van der Waals surface area contributed by atoms with E-state index in [-0.39, 0.29) is 16.0 Å². The van der Waals surface area contributed by atoms with Gasteiger partial charge in [-0.15, -0.1) is 0 Å². The molecule has 0 radical (unpaired) electrons. The first-order valence-corrected chi connectivity index (χ1v) is 11.5. The van der Waals surface area contributed by atoms with Gasteiger partial charge >= 0.3 is 0 Å². The van der Waals surface area contributed by atoms with E-state index in [4.69, 9.17) is 21.3 Å². The molecule has 1 atom stereocenters. The fourth-order valence-corrected chi connectivity index (χ4v) is 5.29. The number of hydrogen-bond donors (Lipinski definition) is 1. The summed E-state index contributed by atoms with van der Waals surface area (Å²) in [4.78, 5) is 11.6. The number of nitrogens with one attached hydrogen (secondary N) is 1. The van der Waals surface area contributed by atoms with E-state index >= 15 is 0 Å². The third-order valence-electron chi connectivity index (χ3n) is 6.85. The van der Waals surface area contributed by atoms with Crippen LogP contribution in [0.2, 0.25) is 5.02 Å². The minimum Gasteiger partial charge on any atom is -0.378 e. The molecular weight excluding hydrogens is 462 g/mol. The molecule has 1 N–H and O–H groups in total. The highest BCUT2D eigenvalue weighted by molar-refractivity contribution is 6.30. The molecular formula is C24H21ClF2N6O. The molecule has 3 aromatic heterocycles. The molecule has 0 saturated carbocycles. The predicted octanol–water partition coefficient (Wildman–Crippen LogP) is 4.33. The fraction of sp³-hybridized carbons (Fsp3) is 0.375. The van der Waals surface area contributed by atoms with Crippen LogP contribution in [-0.2, 0) is 4.74 Å². The first-order valence-electron chi connectivity index (χ1n) is 11.2. The molecule has 2 saturated heterocycles. The Labute approximate surface area is 199 Å². The second-order valence-corrected chi connectivity index (χ2v) is 9.57. The van der Waals surface area contributed by atoms with Crippen LogP contribution in [0.25, 0.3) is 16.7 Å². The molecule has 4 aromatic rings. The van der Waals surface area contributed by atoms with Crippen LogP contribution >= 0.6 is 11.6 Å². The number of benzene rings is 1. The van der Waals surface area contributed by atoms with Crippen molar-refractivity contribution < 1.29 is 13.5 Å². The van der Waals surface area contributed by atoms with Crippen LogP contribution in [0.1, 0.15) is 37.4 Å². The van der Waals surface area contributed by atoms with Crippen molar-refractivity contribution in [2.24, 2.45) is 5.41 Å². The van der Waals surface area contributed by atoms with Crippen LogP contribution in [-0.4, -0.2) is 50.4 Å². The van der Waals surface area contributed by atoms with Gasteiger partial charge in [0, 0.05) is 30.5 Å². The number of halogens is 3. The highest BCUT2D eigenvalue weighted by Gasteiger charge is 2.41. The van der Waals surface area contributed by atoms with Crippen molar-refractivity contribution in [1.29, 1.82) is 0 Å². The van der Waals surface area contributed by atoms with Gasteiger partial charge in [-0.1, -0.05) is 17.5 Å². The molecule has 174 valence electrons. The van der Waals surface area contributed by atoms with Crippen LogP contribution in [0.15, 0.2) is 24.5 Å². The summed E-state index contributed by atoms with van der Waals surface area (Å²) in [6.07, 6.45) is 7.06. The van der Waals surface area contributed by atoms with Crippen LogP contribution in [0.5, 0.6) is 0 Å². The molecule has 2 fully saturated rings. The number of piperidine rings is 1. The molecule has 2 aliphatic rings. The largest absolute Gasteiger partial charge is 0.378 e. The van der Waals surface area contributed by atoms with Crippen LogP contribution in [0.3, 0.4) is 0 Å². The predicted molar refractivity (Wildman–Crippen MR) is 124 cm³/mol. The molecule has 0 unspecified atom stereocenters. The molecule has 1 aromatic carbocycles. The summed E-state index contributed by atoms with van der Waals surface area (Å²) in [7, 11) is 0. The maximum absolute atomic E-state index is 14.1. The summed E-state index contributed by atoms with van der Waals surface area (Å²) in [5.41, 5.74) is 1.36. The quantitative estimate of drug-likeness (QED) is 0.409. The van der Waals surface area contributed by atoms with Crippen molar-refractivity contribution in [3.63, 3.8) is 0 Å². The topological polar surface area (TPSA) is 71.3 Å². The molecule has 34 heavy (non-hydrogen) atoms. The van der Waals surface area contributed by atoms with E-state index in [2.05, 4.69) is 38.8 Å². The highest BCUT2D eigenvalue weighted by Crippen LogP contribution is 2.42. The van der Waals surface area contributed by atoms with E-state index in [1.165, 1.54) is 0 Å². The van der Waals surface area contributed by atoms with Gasteiger partial charge in [-0.2, -0.15) is 10.1 Å². The van der Waals surface area contributed by atoms with Crippen LogP contribution < -0.4 is 4.90 Å². The average molecular weight is 483 g/mol. The molecule has 7 nitrogen and oxygen atoms in total. The van der Waals surface area contributed by atoms with Crippen molar-refractivity contribution in [3.8, 4) is 11.8 Å². The standard InChI is InChI=1S/C24H21ClF2N6O/c1-14-12-24(13-34-14)4-7-32(8-5-24)23-29-21-20(22-28-6-9-33(22)23)19(30-31-21)3-2-16-17(26)10-15(25)11-18(16)27/h6,9-11,14H,4-5,7-8,12-13H2,1H3,(H,30,31)/t14-/m0/s1. The Kier molecular flexibility index (Phi) is 4.97. The van der Waals surface area contributed by atoms with Crippen molar-refractivity contribution in [2.45, 2.75) is 32.3 Å². The van der Waals surface area contributed by atoms with Gasteiger partial charge in [0.05, 0.1) is 23.7 Å². The van der Waals surface area contributed by atoms with Gasteiger partial charge in [-0.25, -0.2) is 13.8 Å². The Bertz CT molecular complexity index is 1450. The molecule has 5 heterocycles. The Hall–Kier alpha value is -3.22. The lowest BCUT2D eigenvalue weighted by Gasteiger charge is -2.39. The minimum absolute atomic E-state index is 0.0276. The normalized spacial score (nSPS) is 19.8. The summed E-state index contributed by atoms with van der Waals surface area (Å²) < 4.78 is 36.1. The monoisotopic (exact) mass is 482 g/mol. The maximum Gasteiger partial charge on any atom is 0.213 e. The van der Waals surface area contributed by atoms with Gasteiger partial charge in [0.25, 0.3) is 0 Å². The van der Waals surface area contributed by atoms with Crippen LogP contribution in [0, 0.1) is 28.9 Å². The van der Waals surface area contributed by atoms with Gasteiger partial charge in [0.15, 0.2) is 11.3 Å². The average Bonchev–Trinajstić information content (AvgIpc) is 3.52. The van der Waals surface area contributed by atoms with Crippen molar-refractivity contribution in [3.05, 3.63) is 52.4 Å². The van der Waals surface area contributed by atoms with Gasteiger partial charge < -0.3 is 9.64 Å². The third kappa shape index (κ3) is 3.49. The number of rotatable bonds is 1. The maximum atomic E-state index is 14.1. The van der Waals surface area contributed by atoms with Gasteiger partial charge in [0.1, 0.15) is 17.3 Å². The number of aromatic nitrogens is 5. The lowest BCUT2D eigenvalue weighted by atomic mass is 9.77. The van der Waals surface area contributed by atoms with E-state index in [0.29, 0.717) is 28.5 Å². The Morgan fingerprint density at radius 3 is 2.68 bits per heavy atom. The van der Waals surface area contributed by atoms with E-state index in [1.54, 1.807) is 6.20 Å². The summed E-state index contributed by atoms with van der Waals surface area (Å²) in [5, 5.41) is 7.73. The molecule has 10 heteroatoms. The summed E-state index contributed by atoms with van der Waals surface area (Å²) in [5.74, 6) is 4.43. The van der Waals surface area contributed by atoms with E-state index in [0.717, 1.165) is 57.0 Å².